The van der Waals surface area contributed by atoms with Crippen LogP contribution in [0.2, 0.25) is 0 Å². The standard InChI is InChI=1S/C10H15NO3/c12-9(8-3-5-14-7-8)6-11-4-1-2-10(11)13/h8H,1-7H2. The first kappa shape index (κ1) is 9.65. The smallest absolute Gasteiger partial charge is 0.223 e. The van der Waals surface area contributed by atoms with E-state index in [0.29, 0.717) is 26.2 Å². The van der Waals surface area contributed by atoms with Crippen molar-refractivity contribution in [2.75, 3.05) is 26.3 Å². The van der Waals surface area contributed by atoms with Crippen LogP contribution in [0.1, 0.15) is 19.3 Å². The Morgan fingerprint density at radius 3 is 3.00 bits per heavy atom. The number of carbonyl (C=O) groups excluding carboxylic acids is 2. The molecule has 4 heteroatoms. The van der Waals surface area contributed by atoms with Crippen molar-refractivity contribution in [1.29, 1.82) is 0 Å². The fraction of sp³-hybridized carbons (Fsp3) is 0.800. The van der Waals surface area contributed by atoms with Gasteiger partial charge in [-0.3, -0.25) is 9.59 Å². The van der Waals surface area contributed by atoms with E-state index >= 15 is 0 Å². The third-order valence-corrected chi connectivity index (χ3v) is 2.90. The molecule has 0 aromatic rings. The highest BCUT2D eigenvalue weighted by Crippen LogP contribution is 2.16. The van der Waals surface area contributed by atoms with Gasteiger partial charge >= 0.3 is 0 Å². The Balaban J connectivity index is 1.84. The van der Waals surface area contributed by atoms with Crippen molar-refractivity contribution in [3.63, 3.8) is 0 Å². The van der Waals surface area contributed by atoms with Crippen LogP contribution in [0.3, 0.4) is 0 Å². The predicted molar refractivity (Wildman–Crippen MR) is 49.7 cm³/mol. The van der Waals surface area contributed by atoms with E-state index in [4.69, 9.17) is 4.74 Å². The lowest BCUT2D eigenvalue weighted by molar-refractivity contribution is -0.133. The zero-order valence-electron chi connectivity index (χ0n) is 8.20. The summed E-state index contributed by atoms with van der Waals surface area (Å²) < 4.78 is 5.15. The second-order valence-electron chi connectivity index (χ2n) is 3.95. The van der Waals surface area contributed by atoms with Crippen molar-refractivity contribution in [2.45, 2.75) is 19.3 Å². The molecule has 4 nitrogen and oxygen atoms in total. The Labute approximate surface area is 83.2 Å². The quantitative estimate of drug-likeness (QED) is 0.650. The maximum absolute atomic E-state index is 11.7. The lowest BCUT2D eigenvalue weighted by atomic mass is 10.0. The summed E-state index contributed by atoms with van der Waals surface area (Å²) in [6, 6.07) is 0. The van der Waals surface area contributed by atoms with Crippen molar-refractivity contribution < 1.29 is 14.3 Å². The van der Waals surface area contributed by atoms with Crippen molar-refractivity contribution >= 4 is 11.7 Å². The highest BCUT2D eigenvalue weighted by atomic mass is 16.5. The van der Waals surface area contributed by atoms with E-state index in [1.807, 2.05) is 0 Å². The summed E-state index contributed by atoms with van der Waals surface area (Å²) >= 11 is 0. The molecule has 0 aromatic carbocycles. The number of likely N-dealkylation sites (tertiary alicyclic amines) is 1. The Kier molecular flexibility index (Phi) is 2.82. The van der Waals surface area contributed by atoms with E-state index in [2.05, 4.69) is 0 Å². The average molecular weight is 197 g/mol. The molecule has 0 saturated carbocycles. The summed E-state index contributed by atoms with van der Waals surface area (Å²) in [6.45, 7) is 2.27. The molecule has 0 aliphatic carbocycles. The maximum Gasteiger partial charge on any atom is 0.223 e. The second kappa shape index (κ2) is 4.09. The van der Waals surface area contributed by atoms with Gasteiger partial charge in [0.15, 0.2) is 5.78 Å². The van der Waals surface area contributed by atoms with Crippen molar-refractivity contribution in [3.8, 4) is 0 Å². The third-order valence-electron chi connectivity index (χ3n) is 2.90. The van der Waals surface area contributed by atoms with Gasteiger partial charge in [-0.25, -0.2) is 0 Å². The van der Waals surface area contributed by atoms with Crippen LogP contribution in [0.4, 0.5) is 0 Å². The van der Waals surface area contributed by atoms with E-state index in [0.717, 1.165) is 19.4 Å². The molecule has 0 bridgehead atoms. The van der Waals surface area contributed by atoms with Crippen molar-refractivity contribution in [1.82, 2.24) is 4.90 Å². The topological polar surface area (TPSA) is 46.6 Å². The number of ketones is 1. The molecule has 1 amide bonds. The normalized spacial score (nSPS) is 27.3. The SMILES string of the molecule is O=C(CN1CCCC1=O)C1CCOC1. The van der Waals surface area contributed by atoms with Crippen LogP contribution in [-0.2, 0) is 14.3 Å². The molecule has 0 spiro atoms. The van der Waals surface area contributed by atoms with E-state index in [1.165, 1.54) is 0 Å². The molecular weight excluding hydrogens is 182 g/mol. The summed E-state index contributed by atoms with van der Waals surface area (Å²) in [6.07, 6.45) is 2.32. The predicted octanol–water partition coefficient (Wildman–Crippen LogP) is 0.214. The highest BCUT2D eigenvalue weighted by molar-refractivity contribution is 5.88. The number of rotatable bonds is 3. The molecule has 2 aliphatic heterocycles. The van der Waals surface area contributed by atoms with E-state index < -0.39 is 0 Å². The fourth-order valence-electron chi connectivity index (χ4n) is 1.98. The van der Waals surface area contributed by atoms with Crippen LogP contribution in [0, 0.1) is 5.92 Å². The Morgan fingerprint density at radius 2 is 2.43 bits per heavy atom. The van der Waals surface area contributed by atoms with Gasteiger partial charge < -0.3 is 9.64 Å². The van der Waals surface area contributed by atoms with Crippen LogP contribution in [0.5, 0.6) is 0 Å². The van der Waals surface area contributed by atoms with Gasteiger partial charge in [-0.05, 0) is 12.8 Å². The minimum absolute atomic E-state index is 0.0309. The Morgan fingerprint density at radius 1 is 1.57 bits per heavy atom. The molecule has 78 valence electrons. The molecule has 2 fully saturated rings. The second-order valence-corrected chi connectivity index (χ2v) is 3.95. The van der Waals surface area contributed by atoms with Crippen LogP contribution in [-0.4, -0.2) is 42.9 Å². The number of carbonyl (C=O) groups is 2. The molecule has 0 N–H and O–H groups in total. The summed E-state index contributed by atoms with van der Waals surface area (Å²) in [7, 11) is 0. The first-order valence-corrected chi connectivity index (χ1v) is 5.15. The Hall–Kier alpha value is -0.900. The first-order valence-electron chi connectivity index (χ1n) is 5.15. The molecule has 2 aliphatic rings. The summed E-state index contributed by atoms with van der Waals surface area (Å²) in [4.78, 5) is 24.6. The van der Waals surface area contributed by atoms with Crippen LogP contribution in [0.15, 0.2) is 0 Å². The lowest BCUT2D eigenvalue weighted by Crippen LogP contribution is -2.34. The number of hydrogen-bond acceptors (Lipinski definition) is 3. The molecule has 1 atom stereocenters. The van der Waals surface area contributed by atoms with Crippen molar-refractivity contribution in [3.05, 3.63) is 0 Å². The molecule has 1 unspecified atom stereocenters. The molecule has 2 rings (SSSR count). The van der Waals surface area contributed by atoms with Gasteiger partial charge in [0.05, 0.1) is 13.2 Å². The van der Waals surface area contributed by atoms with Gasteiger partial charge in [0, 0.05) is 25.5 Å². The van der Waals surface area contributed by atoms with Gasteiger partial charge in [-0.2, -0.15) is 0 Å². The minimum atomic E-state index is 0.0309. The average Bonchev–Trinajstić information content (AvgIpc) is 2.77. The van der Waals surface area contributed by atoms with E-state index in [1.54, 1.807) is 4.90 Å². The van der Waals surface area contributed by atoms with E-state index in [-0.39, 0.29) is 17.6 Å². The van der Waals surface area contributed by atoms with Crippen LogP contribution < -0.4 is 0 Å². The van der Waals surface area contributed by atoms with Gasteiger partial charge in [-0.1, -0.05) is 0 Å². The van der Waals surface area contributed by atoms with E-state index in [9.17, 15) is 9.59 Å². The number of nitrogens with zero attached hydrogens (tertiary/aromatic N) is 1. The molecule has 0 aromatic heterocycles. The molecule has 14 heavy (non-hydrogen) atoms. The highest BCUT2D eigenvalue weighted by Gasteiger charge is 2.28. The third kappa shape index (κ3) is 1.95. The monoisotopic (exact) mass is 197 g/mol. The van der Waals surface area contributed by atoms with Crippen LogP contribution >= 0.6 is 0 Å². The number of amides is 1. The van der Waals surface area contributed by atoms with Crippen LogP contribution in [0.25, 0.3) is 0 Å². The molecule has 0 radical (unpaired) electrons. The fourth-order valence-corrected chi connectivity index (χ4v) is 1.98. The van der Waals surface area contributed by atoms with Gasteiger partial charge in [0.25, 0.3) is 0 Å². The van der Waals surface area contributed by atoms with Gasteiger partial charge in [0.2, 0.25) is 5.91 Å². The number of hydrogen-bond donors (Lipinski definition) is 0. The summed E-state index contributed by atoms with van der Waals surface area (Å²) in [5.41, 5.74) is 0. The van der Waals surface area contributed by atoms with Gasteiger partial charge in [-0.15, -0.1) is 0 Å². The minimum Gasteiger partial charge on any atom is -0.381 e. The van der Waals surface area contributed by atoms with Crippen molar-refractivity contribution in [2.24, 2.45) is 5.92 Å². The largest absolute Gasteiger partial charge is 0.381 e. The molecule has 2 heterocycles. The first-order chi connectivity index (χ1) is 6.77. The number of Topliss-reactive ketones (excluding diaryl/α,β-unsaturated/α-hetero) is 1. The maximum atomic E-state index is 11.7. The van der Waals surface area contributed by atoms with Gasteiger partial charge in [0.1, 0.15) is 0 Å². The zero-order valence-corrected chi connectivity index (χ0v) is 8.20. The molecule has 2 saturated heterocycles. The summed E-state index contributed by atoms with van der Waals surface area (Å²) in [5, 5.41) is 0. The summed E-state index contributed by atoms with van der Waals surface area (Å²) in [5.74, 6) is 0.318. The molecular formula is C10H15NO3. The Bertz CT molecular complexity index is 246. The lowest BCUT2D eigenvalue weighted by Gasteiger charge is -2.16. The number of ether oxygens (including phenoxy) is 1. The zero-order chi connectivity index (χ0) is 9.97.